The Balaban J connectivity index is 2.46. The summed E-state index contributed by atoms with van der Waals surface area (Å²) in [5, 5.41) is 0.244. The van der Waals surface area contributed by atoms with E-state index >= 15 is 0 Å². The van der Waals surface area contributed by atoms with E-state index in [1.165, 1.54) is 36.3 Å². The molecule has 0 atom stereocenters. The SMILES string of the molecule is C=C1C(Cl)=CC=C(c2ccc(OC)cc2F)N1CC(F)F. The first-order valence-corrected chi connectivity index (χ1v) is 6.48. The van der Waals surface area contributed by atoms with E-state index in [9.17, 15) is 13.2 Å². The van der Waals surface area contributed by atoms with Crippen LogP contribution in [0.25, 0.3) is 5.70 Å². The summed E-state index contributed by atoms with van der Waals surface area (Å²) < 4.78 is 44.5. The molecule has 0 saturated carbocycles. The van der Waals surface area contributed by atoms with Gasteiger partial charge in [-0.25, -0.2) is 13.2 Å². The second kappa shape index (κ2) is 6.26. The number of benzene rings is 1. The Labute approximate surface area is 125 Å². The maximum Gasteiger partial charge on any atom is 0.256 e. The van der Waals surface area contributed by atoms with Gasteiger partial charge >= 0.3 is 0 Å². The zero-order valence-electron chi connectivity index (χ0n) is 11.2. The first-order valence-electron chi connectivity index (χ1n) is 6.10. The number of hydrogen-bond donors (Lipinski definition) is 0. The van der Waals surface area contributed by atoms with Gasteiger partial charge in [-0.15, -0.1) is 0 Å². The third-order valence-corrected chi connectivity index (χ3v) is 3.40. The van der Waals surface area contributed by atoms with Gasteiger partial charge in [0.2, 0.25) is 0 Å². The fraction of sp³-hybridized carbons (Fsp3) is 0.200. The lowest BCUT2D eigenvalue weighted by atomic mass is 10.1. The molecule has 6 heteroatoms. The zero-order chi connectivity index (χ0) is 15.6. The minimum absolute atomic E-state index is 0.179. The molecule has 0 saturated heterocycles. The topological polar surface area (TPSA) is 12.5 Å². The van der Waals surface area contributed by atoms with Crippen LogP contribution in [0.5, 0.6) is 5.75 Å². The number of allylic oxidation sites excluding steroid dienone is 3. The lowest BCUT2D eigenvalue weighted by molar-refractivity contribution is 0.123. The number of rotatable bonds is 4. The summed E-state index contributed by atoms with van der Waals surface area (Å²) in [6.07, 6.45) is 0.392. The standard InChI is InChI=1S/C15H13ClF3NO/c1-9-12(16)5-6-14(20(9)8-15(18)19)11-4-3-10(21-2)7-13(11)17/h3-7,15H,1,8H2,2H3. The largest absolute Gasteiger partial charge is 0.497 e. The van der Waals surface area contributed by atoms with Gasteiger partial charge in [0.25, 0.3) is 6.43 Å². The van der Waals surface area contributed by atoms with E-state index in [0.29, 0.717) is 5.75 Å². The first-order chi connectivity index (χ1) is 9.93. The van der Waals surface area contributed by atoms with Gasteiger partial charge in [-0.2, -0.15) is 0 Å². The van der Waals surface area contributed by atoms with Crippen LogP contribution in [0, 0.1) is 5.82 Å². The fourth-order valence-corrected chi connectivity index (χ4v) is 2.19. The van der Waals surface area contributed by atoms with Crippen LogP contribution in [0.15, 0.2) is 47.7 Å². The third-order valence-electron chi connectivity index (χ3n) is 3.05. The van der Waals surface area contributed by atoms with Gasteiger partial charge < -0.3 is 9.64 Å². The van der Waals surface area contributed by atoms with Gasteiger partial charge in [0.05, 0.1) is 30.1 Å². The van der Waals surface area contributed by atoms with Crippen molar-refractivity contribution in [2.24, 2.45) is 0 Å². The maximum atomic E-state index is 14.1. The zero-order valence-corrected chi connectivity index (χ0v) is 12.0. The van der Waals surface area contributed by atoms with Gasteiger partial charge in [0.15, 0.2) is 0 Å². The van der Waals surface area contributed by atoms with Crippen molar-refractivity contribution >= 4 is 17.3 Å². The number of nitrogens with zero attached hydrogens (tertiary/aromatic N) is 1. The molecule has 1 aromatic carbocycles. The van der Waals surface area contributed by atoms with Crippen molar-refractivity contribution in [2.75, 3.05) is 13.7 Å². The number of alkyl halides is 2. The van der Waals surface area contributed by atoms with E-state index in [-0.39, 0.29) is 22.0 Å². The van der Waals surface area contributed by atoms with Crippen molar-refractivity contribution in [1.82, 2.24) is 4.90 Å². The molecule has 0 aliphatic carbocycles. The van der Waals surface area contributed by atoms with Gasteiger partial charge in [-0.1, -0.05) is 18.2 Å². The third kappa shape index (κ3) is 3.24. The average Bonchev–Trinajstić information content (AvgIpc) is 2.44. The molecule has 0 fully saturated rings. The average molecular weight is 316 g/mol. The van der Waals surface area contributed by atoms with Crippen LogP contribution in [0.3, 0.4) is 0 Å². The Morgan fingerprint density at radius 2 is 2.05 bits per heavy atom. The second-order valence-corrected chi connectivity index (χ2v) is 4.77. The summed E-state index contributed by atoms with van der Waals surface area (Å²) in [6, 6.07) is 4.22. The highest BCUT2D eigenvalue weighted by atomic mass is 35.5. The van der Waals surface area contributed by atoms with Crippen molar-refractivity contribution < 1.29 is 17.9 Å². The molecule has 2 nitrogen and oxygen atoms in total. The first kappa shape index (κ1) is 15.5. The molecule has 0 unspecified atom stereocenters. The number of ether oxygens (including phenoxy) is 1. The quantitative estimate of drug-likeness (QED) is 0.817. The van der Waals surface area contributed by atoms with E-state index in [0.717, 1.165) is 0 Å². The smallest absolute Gasteiger partial charge is 0.256 e. The second-order valence-electron chi connectivity index (χ2n) is 4.36. The van der Waals surface area contributed by atoms with Crippen LogP contribution in [0.1, 0.15) is 5.56 Å². The van der Waals surface area contributed by atoms with E-state index < -0.39 is 18.8 Å². The van der Waals surface area contributed by atoms with Crippen LogP contribution in [-0.4, -0.2) is 25.0 Å². The molecule has 1 aliphatic rings. The molecule has 0 bridgehead atoms. The Bertz CT molecular complexity index is 625. The van der Waals surface area contributed by atoms with E-state index in [4.69, 9.17) is 16.3 Å². The summed E-state index contributed by atoms with van der Waals surface area (Å²) in [5.74, 6) is -0.223. The summed E-state index contributed by atoms with van der Waals surface area (Å²) >= 11 is 5.90. The Morgan fingerprint density at radius 1 is 1.33 bits per heavy atom. The normalized spacial score (nSPS) is 15.1. The Kier molecular flexibility index (Phi) is 4.63. The van der Waals surface area contributed by atoms with Crippen LogP contribution in [0.2, 0.25) is 0 Å². The minimum Gasteiger partial charge on any atom is -0.497 e. The predicted octanol–water partition coefficient (Wildman–Crippen LogP) is 4.39. The van der Waals surface area contributed by atoms with Crippen LogP contribution in [0.4, 0.5) is 13.2 Å². The monoisotopic (exact) mass is 315 g/mol. The van der Waals surface area contributed by atoms with Crippen molar-refractivity contribution in [1.29, 1.82) is 0 Å². The predicted molar refractivity (Wildman–Crippen MR) is 76.7 cm³/mol. The molecule has 0 amide bonds. The van der Waals surface area contributed by atoms with Gasteiger partial charge in [-0.05, 0) is 24.3 Å². The Hall–Kier alpha value is -1.88. The molecular formula is C15H13ClF3NO. The van der Waals surface area contributed by atoms with E-state index in [1.807, 2.05) is 0 Å². The number of methoxy groups -OCH3 is 1. The molecular weight excluding hydrogens is 303 g/mol. The number of halogens is 4. The van der Waals surface area contributed by atoms with E-state index in [2.05, 4.69) is 6.58 Å². The molecule has 112 valence electrons. The molecule has 1 aromatic rings. The lowest BCUT2D eigenvalue weighted by Gasteiger charge is -2.31. The molecule has 0 aromatic heterocycles. The summed E-state index contributed by atoms with van der Waals surface area (Å²) in [5.41, 5.74) is 0.674. The summed E-state index contributed by atoms with van der Waals surface area (Å²) in [6.45, 7) is 3.06. The van der Waals surface area contributed by atoms with Crippen LogP contribution < -0.4 is 4.74 Å². The van der Waals surface area contributed by atoms with Crippen LogP contribution >= 0.6 is 11.6 Å². The number of hydrogen-bond acceptors (Lipinski definition) is 2. The highest BCUT2D eigenvalue weighted by Gasteiger charge is 2.25. The highest BCUT2D eigenvalue weighted by molar-refractivity contribution is 6.32. The van der Waals surface area contributed by atoms with Crippen LogP contribution in [-0.2, 0) is 0 Å². The molecule has 1 aliphatic heterocycles. The molecule has 0 N–H and O–H groups in total. The molecule has 0 radical (unpaired) electrons. The molecule has 21 heavy (non-hydrogen) atoms. The maximum absolute atomic E-state index is 14.1. The van der Waals surface area contributed by atoms with Gasteiger partial charge in [0, 0.05) is 11.6 Å². The van der Waals surface area contributed by atoms with Gasteiger partial charge in [0.1, 0.15) is 11.6 Å². The molecule has 2 rings (SSSR count). The molecule has 1 heterocycles. The van der Waals surface area contributed by atoms with Crippen molar-refractivity contribution in [3.8, 4) is 5.75 Å². The summed E-state index contributed by atoms with van der Waals surface area (Å²) in [4.78, 5) is 1.21. The van der Waals surface area contributed by atoms with Crippen molar-refractivity contribution in [3.05, 3.63) is 59.0 Å². The van der Waals surface area contributed by atoms with E-state index in [1.54, 1.807) is 6.07 Å². The Morgan fingerprint density at radius 3 is 2.62 bits per heavy atom. The highest BCUT2D eigenvalue weighted by Crippen LogP contribution is 2.34. The van der Waals surface area contributed by atoms with Crippen molar-refractivity contribution in [2.45, 2.75) is 6.43 Å². The fourth-order valence-electron chi connectivity index (χ4n) is 2.02. The molecule has 0 spiro atoms. The minimum atomic E-state index is -2.60. The lowest BCUT2D eigenvalue weighted by Crippen LogP contribution is -2.28. The summed E-state index contributed by atoms with van der Waals surface area (Å²) in [7, 11) is 1.42. The van der Waals surface area contributed by atoms with Crippen molar-refractivity contribution in [3.63, 3.8) is 0 Å². The van der Waals surface area contributed by atoms with Gasteiger partial charge in [-0.3, -0.25) is 0 Å².